The van der Waals surface area contributed by atoms with Crippen molar-refractivity contribution in [3.63, 3.8) is 0 Å². The highest BCUT2D eigenvalue weighted by Gasteiger charge is 2.07. The minimum atomic E-state index is 0.699. The Labute approximate surface area is 131 Å². The van der Waals surface area contributed by atoms with Gasteiger partial charge in [0.05, 0.1) is 6.54 Å². The normalized spacial score (nSPS) is 11.4. The van der Waals surface area contributed by atoms with Crippen LogP contribution in [0.4, 0.5) is 0 Å². The van der Waals surface area contributed by atoms with Gasteiger partial charge in [-0.3, -0.25) is 0 Å². The molecule has 110 valence electrons. The van der Waals surface area contributed by atoms with Crippen LogP contribution in [-0.4, -0.2) is 20.0 Å². The molecule has 3 aromatic rings. The number of benzene rings is 1. The number of H-pyrrole nitrogens is 1. The molecule has 0 aliphatic heterocycles. The molecular formula is C15H18BrN5. The Hall–Kier alpha value is -1.66. The molecule has 0 radical (unpaired) electrons. The highest BCUT2D eigenvalue weighted by Crippen LogP contribution is 2.17. The standard InChI is InChI=1S/C15H18BrN5/c1-3-21-19-14(15(16)20-21)9-17-8-11-4-5-13-12(7-11)6-10(2)18-13/h4-7,17-18H,3,8-9H2,1-2H3. The molecule has 0 saturated carbocycles. The van der Waals surface area contributed by atoms with Crippen LogP contribution >= 0.6 is 15.9 Å². The lowest BCUT2D eigenvalue weighted by molar-refractivity contribution is 0.556. The monoisotopic (exact) mass is 347 g/mol. The summed E-state index contributed by atoms with van der Waals surface area (Å²) >= 11 is 3.44. The van der Waals surface area contributed by atoms with E-state index < -0.39 is 0 Å². The second kappa shape index (κ2) is 5.99. The summed E-state index contributed by atoms with van der Waals surface area (Å²) < 4.78 is 0.813. The minimum Gasteiger partial charge on any atom is -0.359 e. The number of aromatic amines is 1. The van der Waals surface area contributed by atoms with E-state index in [-0.39, 0.29) is 0 Å². The zero-order chi connectivity index (χ0) is 14.8. The molecule has 6 heteroatoms. The van der Waals surface area contributed by atoms with Crippen LogP contribution in [0.15, 0.2) is 28.9 Å². The third-order valence-electron chi connectivity index (χ3n) is 3.40. The van der Waals surface area contributed by atoms with Gasteiger partial charge in [0, 0.05) is 24.3 Å². The first-order valence-corrected chi connectivity index (χ1v) is 7.83. The molecule has 21 heavy (non-hydrogen) atoms. The van der Waals surface area contributed by atoms with E-state index in [1.54, 1.807) is 4.80 Å². The van der Waals surface area contributed by atoms with Crippen LogP contribution in [0.2, 0.25) is 0 Å². The number of nitrogens with one attached hydrogen (secondary N) is 2. The molecule has 0 amide bonds. The van der Waals surface area contributed by atoms with E-state index in [9.17, 15) is 0 Å². The van der Waals surface area contributed by atoms with Crippen LogP contribution < -0.4 is 5.32 Å². The number of rotatable bonds is 5. The summed E-state index contributed by atoms with van der Waals surface area (Å²) in [4.78, 5) is 5.03. The molecule has 3 rings (SSSR count). The summed E-state index contributed by atoms with van der Waals surface area (Å²) in [5.74, 6) is 0. The van der Waals surface area contributed by atoms with Crippen molar-refractivity contribution in [3.8, 4) is 0 Å². The Morgan fingerprint density at radius 1 is 1.24 bits per heavy atom. The first-order valence-electron chi connectivity index (χ1n) is 7.04. The van der Waals surface area contributed by atoms with E-state index in [1.165, 1.54) is 22.2 Å². The molecule has 0 unspecified atom stereocenters. The average Bonchev–Trinajstić information content (AvgIpc) is 3.00. The Bertz CT molecular complexity index is 759. The smallest absolute Gasteiger partial charge is 0.152 e. The molecule has 2 aromatic heterocycles. The topological polar surface area (TPSA) is 58.5 Å². The molecule has 0 aliphatic rings. The van der Waals surface area contributed by atoms with Gasteiger partial charge in [-0.05, 0) is 58.9 Å². The maximum absolute atomic E-state index is 4.40. The Balaban J connectivity index is 1.64. The largest absolute Gasteiger partial charge is 0.359 e. The van der Waals surface area contributed by atoms with Gasteiger partial charge in [-0.25, -0.2) is 0 Å². The molecule has 0 spiro atoms. The SMILES string of the molecule is CCn1nc(Br)c(CNCc2ccc3[nH]c(C)cc3c2)n1. The maximum Gasteiger partial charge on any atom is 0.152 e. The summed E-state index contributed by atoms with van der Waals surface area (Å²) in [6, 6.07) is 8.65. The van der Waals surface area contributed by atoms with Gasteiger partial charge in [0.1, 0.15) is 5.69 Å². The molecule has 0 fully saturated rings. The van der Waals surface area contributed by atoms with Crippen molar-refractivity contribution in [2.75, 3.05) is 0 Å². The van der Waals surface area contributed by atoms with E-state index >= 15 is 0 Å². The van der Waals surface area contributed by atoms with Gasteiger partial charge in [0.25, 0.3) is 0 Å². The lowest BCUT2D eigenvalue weighted by atomic mass is 10.1. The molecule has 2 N–H and O–H groups in total. The van der Waals surface area contributed by atoms with Crippen LogP contribution in [0.3, 0.4) is 0 Å². The second-order valence-electron chi connectivity index (χ2n) is 5.10. The van der Waals surface area contributed by atoms with Crippen LogP contribution in [0.5, 0.6) is 0 Å². The molecule has 0 saturated heterocycles. The lowest BCUT2D eigenvalue weighted by Crippen LogP contribution is -2.13. The van der Waals surface area contributed by atoms with Gasteiger partial charge in [-0.2, -0.15) is 9.90 Å². The van der Waals surface area contributed by atoms with Crippen molar-refractivity contribution in [1.82, 2.24) is 25.3 Å². The molecule has 0 atom stereocenters. The number of hydrogen-bond donors (Lipinski definition) is 2. The Kier molecular flexibility index (Phi) is 4.07. The number of fused-ring (bicyclic) bond motifs is 1. The number of aryl methyl sites for hydroxylation is 2. The third-order valence-corrected chi connectivity index (χ3v) is 4.02. The summed E-state index contributed by atoms with van der Waals surface area (Å²) in [5, 5.41) is 13.3. The fourth-order valence-electron chi connectivity index (χ4n) is 2.37. The van der Waals surface area contributed by atoms with Crippen LogP contribution in [-0.2, 0) is 19.6 Å². The summed E-state index contributed by atoms with van der Waals surface area (Å²) in [5.41, 5.74) is 4.58. The second-order valence-corrected chi connectivity index (χ2v) is 5.85. The fraction of sp³-hybridized carbons (Fsp3) is 0.333. The average molecular weight is 348 g/mol. The first kappa shape index (κ1) is 14.3. The quantitative estimate of drug-likeness (QED) is 0.745. The van der Waals surface area contributed by atoms with Crippen molar-refractivity contribution >= 4 is 26.8 Å². The van der Waals surface area contributed by atoms with E-state index in [4.69, 9.17) is 0 Å². The van der Waals surface area contributed by atoms with Crippen molar-refractivity contribution in [1.29, 1.82) is 0 Å². The number of nitrogens with zero attached hydrogens (tertiary/aromatic N) is 3. The number of halogens is 1. The predicted molar refractivity (Wildman–Crippen MR) is 87.0 cm³/mol. The van der Waals surface area contributed by atoms with Crippen molar-refractivity contribution < 1.29 is 0 Å². The molecule has 1 aromatic carbocycles. The van der Waals surface area contributed by atoms with Gasteiger partial charge in [-0.15, -0.1) is 5.10 Å². The van der Waals surface area contributed by atoms with E-state index in [2.05, 4.69) is 67.6 Å². The molecule has 0 aliphatic carbocycles. The highest BCUT2D eigenvalue weighted by atomic mass is 79.9. The summed E-state index contributed by atoms with van der Waals surface area (Å²) in [7, 11) is 0. The zero-order valence-corrected chi connectivity index (χ0v) is 13.7. The summed E-state index contributed by atoms with van der Waals surface area (Å²) in [6.07, 6.45) is 0. The minimum absolute atomic E-state index is 0.699. The van der Waals surface area contributed by atoms with Gasteiger partial charge in [0.2, 0.25) is 0 Å². The predicted octanol–water partition coefficient (Wildman–Crippen LogP) is 3.14. The highest BCUT2D eigenvalue weighted by molar-refractivity contribution is 9.10. The first-order chi connectivity index (χ1) is 10.2. The zero-order valence-electron chi connectivity index (χ0n) is 12.2. The maximum atomic E-state index is 4.40. The van der Waals surface area contributed by atoms with Gasteiger partial charge < -0.3 is 10.3 Å². The van der Waals surface area contributed by atoms with Crippen LogP contribution in [0, 0.1) is 6.92 Å². The molecule has 2 heterocycles. The fourth-order valence-corrected chi connectivity index (χ4v) is 2.78. The Morgan fingerprint density at radius 2 is 2.10 bits per heavy atom. The van der Waals surface area contributed by atoms with E-state index in [0.29, 0.717) is 6.54 Å². The number of hydrogen-bond acceptors (Lipinski definition) is 3. The Morgan fingerprint density at radius 3 is 2.86 bits per heavy atom. The van der Waals surface area contributed by atoms with Crippen molar-refractivity contribution in [3.05, 3.63) is 45.8 Å². The van der Waals surface area contributed by atoms with Crippen LogP contribution in [0.1, 0.15) is 23.9 Å². The molecular weight excluding hydrogens is 330 g/mol. The molecule has 5 nitrogen and oxygen atoms in total. The van der Waals surface area contributed by atoms with Crippen molar-refractivity contribution in [2.24, 2.45) is 0 Å². The van der Waals surface area contributed by atoms with Gasteiger partial charge in [-0.1, -0.05) is 6.07 Å². The molecule has 0 bridgehead atoms. The third kappa shape index (κ3) is 3.16. The van der Waals surface area contributed by atoms with Gasteiger partial charge >= 0.3 is 0 Å². The summed E-state index contributed by atoms with van der Waals surface area (Å²) in [6.45, 7) is 6.39. The van der Waals surface area contributed by atoms with E-state index in [1.807, 2.05) is 6.92 Å². The number of aromatic nitrogens is 4. The lowest BCUT2D eigenvalue weighted by Gasteiger charge is -2.03. The van der Waals surface area contributed by atoms with E-state index in [0.717, 1.165) is 23.4 Å². The van der Waals surface area contributed by atoms with Crippen LogP contribution in [0.25, 0.3) is 10.9 Å². The van der Waals surface area contributed by atoms with Crippen molar-refractivity contribution in [2.45, 2.75) is 33.5 Å². The van der Waals surface area contributed by atoms with Gasteiger partial charge in [0.15, 0.2) is 4.60 Å².